The van der Waals surface area contributed by atoms with E-state index in [1.165, 1.54) is 0 Å². The average Bonchev–Trinajstić information content (AvgIpc) is 2.77. The molecule has 0 saturated heterocycles. The first-order valence-corrected chi connectivity index (χ1v) is 6.97. The highest BCUT2D eigenvalue weighted by Gasteiger charge is 2.20. The van der Waals surface area contributed by atoms with Gasteiger partial charge in [0.05, 0.1) is 18.8 Å². The van der Waals surface area contributed by atoms with E-state index in [0.29, 0.717) is 12.4 Å². The molecular formula is C14H25N3O3. The van der Waals surface area contributed by atoms with Crippen LogP contribution >= 0.6 is 0 Å². The Bertz CT molecular complexity index is 418. The van der Waals surface area contributed by atoms with Gasteiger partial charge in [-0.2, -0.15) is 0 Å². The predicted molar refractivity (Wildman–Crippen MR) is 77.6 cm³/mol. The first-order chi connectivity index (χ1) is 9.36. The molecule has 6 heteroatoms. The standard InChI is InChI=1S/C14H25N3O3/c1-5-6-17(7-8-18)10-12(19)15-13-9-11(16-20-13)14(2,3)4/h9,18H,5-8,10H2,1-4H3,(H,15,19). The van der Waals surface area contributed by atoms with Gasteiger partial charge in [-0.25, -0.2) is 0 Å². The van der Waals surface area contributed by atoms with Crippen molar-refractivity contribution in [2.45, 2.75) is 39.5 Å². The molecule has 0 aliphatic carbocycles. The van der Waals surface area contributed by atoms with Crippen molar-refractivity contribution in [3.63, 3.8) is 0 Å². The summed E-state index contributed by atoms with van der Waals surface area (Å²) in [5.41, 5.74) is 0.686. The van der Waals surface area contributed by atoms with Crippen LogP contribution in [0.4, 0.5) is 5.88 Å². The fourth-order valence-electron chi connectivity index (χ4n) is 1.80. The summed E-state index contributed by atoms with van der Waals surface area (Å²) in [4.78, 5) is 13.8. The number of carbonyl (C=O) groups is 1. The van der Waals surface area contributed by atoms with E-state index in [4.69, 9.17) is 9.63 Å². The predicted octanol–water partition coefficient (Wildman–Crippen LogP) is 1.61. The van der Waals surface area contributed by atoms with E-state index in [9.17, 15) is 4.79 Å². The minimum Gasteiger partial charge on any atom is -0.395 e. The molecule has 0 aromatic carbocycles. The molecule has 0 spiro atoms. The first kappa shape index (κ1) is 16.7. The highest BCUT2D eigenvalue weighted by molar-refractivity contribution is 5.90. The molecule has 1 aromatic heterocycles. The Hall–Kier alpha value is -1.40. The van der Waals surface area contributed by atoms with Crippen LogP contribution in [0.5, 0.6) is 0 Å². The zero-order chi connectivity index (χ0) is 15.2. The van der Waals surface area contributed by atoms with Gasteiger partial charge in [-0.15, -0.1) is 0 Å². The van der Waals surface area contributed by atoms with Crippen molar-refractivity contribution in [3.8, 4) is 0 Å². The summed E-state index contributed by atoms with van der Waals surface area (Å²) in [6.07, 6.45) is 0.934. The van der Waals surface area contributed by atoms with Gasteiger partial charge in [-0.1, -0.05) is 32.9 Å². The summed E-state index contributed by atoms with van der Waals surface area (Å²) in [6.45, 7) is 9.67. The van der Waals surface area contributed by atoms with Crippen LogP contribution in [0.1, 0.15) is 39.8 Å². The van der Waals surface area contributed by atoms with Crippen molar-refractivity contribution >= 4 is 11.8 Å². The molecule has 0 atom stereocenters. The lowest BCUT2D eigenvalue weighted by Gasteiger charge is -2.19. The summed E-state index contributed by atoms with van der Waals surface area (Å²) in [5.74, 6) is 0.198. The zero-order valence-corrected chi connectivity index (χ0v) is 12.8. The number of hydrogen-bond donors (Lipinski definition) is 2. The fourth-order valence-corrected chi connectivity index (χ4v) is 1.80. The lowest BCUT2D eigenvalue weighted by molar-refractivity contribution is -0.117. The maximum Gasteiger partial charge on any atom is 0.240 e. The molecule has 114 valence electrons. The summed E-state index contributed by atoms with van der Waals surface area (Å²) >= 11 is 0. The largest absolute Gasteiger partial charge is 0.395 e. The number of amides is 1. The van der Waals surface area contributed by atoms with E-state index >= 15 is 0 Å². The van der Waals surface area contributed by atoms with Crippen LogP contribution in [0.15, 0.2) is 10.6 Å². The average molecular weight is 283 g/mol. The Kier molecular flexibility index (Phi) is 6.16. The second kappa shape index (κ2) is 7.40. The Balaban J connectivity index is 2.55. The van der Waals surface area contributed by atoms with Gasteiger partial charge in [0.25, 0.3) is 0 Å². The van der Waals surface area contributed by atoms with Crippen LogP contribution in [-0.4, -0.2) is 47.3 Å². The number of aromatic nitrogens is 1. The van der Waals surface area contributed by atoms with E-state index in [-0.39, 0.29) is 24.5 Å². The lowest BCUT2D eigenvalue weighted by Crippen LogP contribution is -2.35. The molecule has 2 N–H and O–H groups in total. The number of rotatable bonds is 7. The summed E-state index contributed by atoms with van der Waals surface area (Å²) in [7, 11) is 0. The van der Waals surface area contributed by atoms with Crippen molar-refractivity contribution in [2.75, 3.05) is 31.6 Å². The van der Waals surface area contributed by atoms with E-state index in [0.717, 1.165) is 18.7 Å². The molecule has 1 heterocycles. The SMILES string of the molecule is CCCN(CCO)CC(=O)Nc1cc(C(C)(C)C)no1. The highest BCUT2D eigenvalue weighted by Crippen LogP contribution is 2.23. The maximum atomic E-state index is 11.9. The molecule has 0 saturated carbocycles. The van der Waals surface area contributed by atoms with Crippen molar-refractivity contribution in [1.29, 1.82) is 0 Å². The summed E-state index contributed by atoms with van der Waals surface area (Å²) in [6, 6.07) is 1.74. The Morgan fingerprint density at radius 3 is 2.65 bits per heavy atom. The van der Waals surface area contributed by atoms with Gasteiger partial charge in [0.15, 0.2) is 0 Å². The third-order valence-corrected chi connectivity index (χ3v) is 2.86. The summed E-state index contributed by atoms with van der Waals surface area (Å²) in [5, 5.41) is 15.6. The number of nitrogens with zero attached hydrogens (tertiary/aromatic N) is 2. The highest BCUT2D eigenvalue weighted by atomic mass is 16.5. The molecule has 0 bridgehead atoms. The van der Waals surface area contributed by atoms with Gasteiger partial charge in [0, 0.05) is 18.0 Å². The quantitative estimate of drug-likeness (QED) is 0.795. The molecule has 0 unspecified atom stereocenters. The van der Waals surface area contributed by atoms with E-state index in [1.807, 2.05) is 32.6 Å². The van der Waals surface area contributed by atoms with E-state index in [1.54, 1.807) is 6.07 Å². The van der Waals surface area contributed by atoms with Crippen molar-refractivity contribution < 1.29 is 14.4 Å². The molecule has 0 aliphatic heterocycles. The van der Waals surface area contributed by atoms with Gasteiger partial charge in [0.2, 0.25) is 11.8 Å². The maximum absolute atomic E-state index is 11.9. The van der Waals surface area contributed by atoms with Crippen LogP contribution in [0, 0.1) is 0 Å². The van der Waals surface area contributed by atoms with Crippen molar-refractivity contribution in [1.82, 2.24) is 10.1 Å². The van der Waals surface area contributed by atoms with Crippen LogP contribution in [0.2, 0.25) is 0 Å². The van der Waals surface area contributed by atoms with Gasteiger partial charge in [-0.3, -0.25) is 15.0 Å². The Morgan fingerprint density at radius 2 is 2.15 bits per heavy atom. The molecule has 1 rings (SSSR count). The second-order valence-electron chi connectivity index (χ2n) is 5.87. The minimum absolute atomic E-state index is 0.0454. The van der Waals surface area contributed by atoms with Crippen LogP contribution in [0.3, 0.4) is 0 Å². The monoisotopic (exact) mass is 283 g/mol. The molecule has 0 fully saturated rings. The third-order valence-electron chi connectivity index (χ3n) is 2.86. The third kappa shape index (κ3) is 5.30. The minimum atomic E-state index is -0.163. The summed E-state index contributed by atoms with van der Waals surface area (Å²) < 4.78 is 5.11. The van der Waals surface area contributed by atoms with Crippen molar-refractivity contribution in [2.24, 2.45) is 0 Å². The Morgan fingerprint density at radius 1 is 1.45 bits per heavy atom. The molecule has 0 aliphatic rings. The fraction of sp³-hybridized carbons (Fsp3) is 0.714. The second-order valence-corrected chi connectivity index (χ2v) is 5.87. The molecule has 1 amide bonds. The lowest BCUT2D eigenvalue weighted by atomic mass is 9.92. The van der Waals surface area contributed by atoms with Gasteiger partial charge >= 0.3 is 0 Å². The molecule has 1 aromatic rings. The number of anilines is 1. The van der Waals surface area contributed by atoms with Crippen molar-refractivity contribution in [3.05, 3.63) is 11.8 Å². The number of aliphatic hydroxyl groups excluding tert-OH is 1. The molecule has 0 radical (unpaired) electrons. The normalized spacial score (nSPS) is 11.9. The number of hydrogen-bond acceptors (Lipinski definition) is 5. The van der Waals surface area contributed by atoms with Gasteiger partial charge in [-0.05, 0) is 13.0 Å². The zero-order valence-electron chi connectivity index (χ0n) is 12.8. The number of aliphatic hydroxyl groups is 1. The number of carbonyl (C=O) groups excluding carboxylic acids is 1. The topological polar surface area (TPSA) is 78.6 Å². The van der Waals surface area contributed by atoms with Crippen LogP contribution in [-0.2, 0) is 10.2 Å². The Labute approximate surface area is 120 Å². The molecule has 20 heavy (non-hydrogen) atoms. The molecular weight excluding hydrogens is 258 g/mol. The number of nitrogens with one attached hydrogen (secondary N) is 1. The van der Waals surface area contributed by atoms with E-state index < -0.39 is 0 Å². The van der Waals surface area contributed by atoms with Gasteiger partial charge in [0.1, 0.15) is 0 Å². The van der Waals surface area contributed by atoms with E-state index in [2.05, 4.69) is 10.5 Å². The first-order valence-electron chi connectivity index (χ1n) is 6.97. The molecule has 6 nitrogen and oxygen atoms in total. The smallest absolute Gasteiger partial charge is 0.240 e. The van der Waals surface area contributed by atoms with Crippen LogP contribution < -0.4 is 5.32 Å². The van der Waals surface area contributed by atoms with Gasteiger partial charge < -0.3 is 9.63 Å². The van der Waals surface area contributed by atoms with Crippen LogP contribution in [0.25, 0.3) is 0 Å².